The average molecular weight is 310 g/mol. The second-order valence-corrected chi connectivity index (χ2v) is 5.03. The number of rotatable bonds is 5. The SMILES string of the molecule is O=C(Nc1ccn(CCc2ccncc2)n1)c1cccc(F)c1. The maximum Gasteiger partial charge on any atom is 0.256 e. The second kappa shape index (κ2) is 6.83. The van der Waals surface area contributed by atoms with Gasteiger partial charge in [0.05, 0.1) is 0 Å². The number of nitrogens with zero attached hydrogens (tertiary/aromatic N) is 3. The Balaban J connectivity index is 1.60. The summed E-state index contributed by atoms with van der Waals surface area (Å²) in [5, 5.41) is 6.95. The van der Waals surface area contributed by atoms with Crippen molar-refractivity contribution in [3.8, 4) is 0 Å². The maximum absolute atomic E-state index is 13.1. The van der Waals surface area contributed by atoms with Gasteiger partial charge in [0.2, 0.25) is 0 Å². The molecule has 3 rings (SSSR count). The molecule has 5 nitrogen and oxygen atoms in total. The van der Waals surface area contributed by atoms with Crippen LogP contribution in [-0.4, -0.2) is 20.7 Å². The quantitative estimate of drug-likeness (QED) is 0.788. The first kappa shape index (κ1) is 14.9. The van der Waals surface area contributed by atoms with Gasteiger partial charge in [0.1, 0.15) is 5.82 Å². The number of benzene rings is 1. The van der Waals surface area contributed by atoms with E-state index < -0.39 is 5.82 Å². The molecule has 0 aliphatic rings. The zero-order valence-electron chi connectivity index (χ0n) is 12.3. The van der Waals surface area contributed by atoms with Crippen molar-refractivity contribution in [2.45, 2.75) is 13.0 Å². The number of nitrogens with one attached hydrogen (secondary N) is 1. The largest absolute Gasteiger partial charge is 0.305 e. The van der Waals surface area contributed by atoms with E-state index in [2.05, 4.69) is 15.4 Å². The number of hydrogen-bond donors (Lipinski definition) is 1. The summed E-state index contributed by atoms with van der Waals surface area (Å²) < 4.78 is 14.9. The standard InChI is InChI=1S/C17H15FN4O/c18-15-3-1-2-14(12-15)17(23)20-16-7-11-22(21-16)10-6-13-4-8-19-9-5-13/h1-5,7-9,11-12H,6,10H2,(H,20,21,23). The summed E-state index contributed by atoms with van der Waals surface area (Å²) in [5.74, 6) is -0.390. The third kappa shape index (κ3) is 4.00. The number of carbonyl (C=O) groups excluding carboxylic acids is 1. The van der Waals surface area contributed by atoms with Crippen molar-refractivity contribution in [1.29, 1.82) is 0 Å². The van der Waals surface area contributed by atoms with Gasteiger partial charge < -0.3 is 5.32 Å². The zero-order chi connectivity index (χ0) is 16.1. The normalized spacial score (nSPS) is 10.5. The van der Waals surface area contributed by atoms with E-state index >= 15 is 0 Å². The molecule has 6 heteroatoms. The third-order valence-electron chi connectivity index (χ3n) is 3.35. The summed E-state index contributed by atoms with van der Waals surface area (Å²) in [5.41, 5.74) is 1.43. The van der Waals surface area contributed by atoms with Crippen LogP contribution in [0.25, 0.3) is 0 Å². The first-order valence-electron chi connectivity index (χ1n) is 7.20. The average Bonchev–Trinajstić information content (AvgIpc) is 3.01. The first-order chi connectivity index (χ1) is 11.2. The van der Waals surface area contributed by atoms with Crippen molar-refractivity contribution in [2.75, 3.05) is 5.32 Å². The molecule has 0 saturated heterocycles. The molecule has 0 bridgehead atoms. The van der Waals surface area contributed by atoms with Crippen molar-refractivity contribution in [2.24, 2.45) is 0 Å². The van der Waals surface area contributed by atoms with Crippen molar-refractivity contribution < 1.29 is 9.18 Å². The van der Waals surface area contributed by atoms with E-state index in [1.54, 1.807) is 35.4 Å². The van der Waals surface area contributed by atoms with Gasteiger partial charge in [-0.1, -0.05) is 6.07 Å². The molecular formula is C17H15FN4O. The van der Waals surface area contributed by atoms with E-state index in [1.807, 2.05) is 12.1 Å². The molecule has 0 radical (unpaired) electrons. The third-order valence-corrected chi connectivity index (χ3v) is 3.35. The summed E-state index contributed by atoms with van der Waals surface area (Å²) in [6.07, 6.45) is 6.12. The molecule has 0 atom stereocenters. The smallest absolute Gasteiger partial charge is 0.256 e. The molecule has 1 N–H and O–H groups in total. The summed E-state index contributed by atoms with van der Waals surface area (Å²) >= 11 is 0. The van der Waals surface area contributed by atoms with E-state index in [0.717, 1.165) is 6.42 Å². The number of anilines is 1. The molecule has 1 aromatic carbocycles. The van der Waals surface area contributed by atoms with Gasteiger partial charge in [0, 0.05) is 36.8 Å². The number of aromatic nitrogens is 3. The van der Waals surface area contributed by atoms with Crippen molar-refractivity contribution in [3.63, 3.8) is 0 Å². The van der Waals surface area contributed by atoms with Crippen LogP contribution < -0.4 is 5.32 Å². The number of halogens is 1. The molecule has 116 valence electrons. The highest BCUT2D eigenvalue weighted by molar-refractivity contribution is 6.03. The fraction of sp³-hybridized carbons (Fsp3) is 0.118. The van der Waals surface area contributed by atoms with Crippen LogP contribution in [0.2, 0.25) is 0 Å². The van der Waals surface area contributed by atoms with Crippen molar-refractivity contribution in [1.82, 2.24) is 14.8 Å². The molecule has 1 amide bonds. The van der Waals surface area contributed by atoms with Crippen LogP contribution in [-0.2, 0) is 13.0 Å². The minimum Gasteiger partial charge on any atom is -0.305 e. The molecule has 0 saturated carbocycles. The molecule has 0 aliphatic carbocycles. The number of pyridine rings is 1. The maximum atomic E-state index is 13.1. The Labute approximate surface area is 132 Å². The number of hydrogen-bond acceptors (Lipinski definition) is 3. The van der Waals surface area contributed by atoms with Gasteiger partial charge >= 0.3 is 0 Å². The van der Waals surface area contributed by atoms with Gasteiger partial charge in [0.15, 0.2) is 5.82 Å². The van der Waals surface area contributed by atoms with Gasteiger partial charge in [-0.3, -0.25) is 14.5 Å². The second-order valence-electron chi connectivity index (χ2n) is 5.03. The molecule has 0 spiro atoms. The fourth-order valence-corrected chi connectivity index (χ4v) is 2.16. The molecule has 0 unspecified atom stereocenters. The minimum absolute atomic E-state index is 0.260. The van der Waals surface area contributed by atoms with E-state index in [1.165, 1.54) is 23.8 Å². The number of amides is 1. The van der Waals surface area contributed by atoms with E-state index in [-0.39, 0.29) is 11.5 Å². The molecule has 2 heterocycles. The van der Waals surface area contributed by atoms with Crippen LogP contribution in [0.3, 0.4) is 0 Å². The van der Waals surface area contributed by atoms with E-state index in [0.29, 0.717) is 12.4 Å². The lowest BCUT2D eigenvalue weighted by atomic mass is 10.2. The molecule has 3 aromatic rings. The zero-order valence-corrected chi connectivity index (χ0v) is 12.3. The van der Waals surface area contributed by atoms with E-state index in [9.17, 15) is 9.18 Å². The van der Waals surface area contributed by atoms with Gasteiger partial charge in [-0.05, 0) is 42.3 Å². The summed E-state index contributed by atoms with van der Waals surface area (Å²) in [6, 6.07) is 11.2. The Morgan fingerprint density at radius 3 is 2.78 bits per heavy atom. The Kier molecular flexibility index (Phi) is 4.42. The van der Waals surface area contributed by atoms with Crippen LogP contribution in [0, 0.1) is 5.82 Å². The summed E-state index contributed by atoms with van der Waals surface area (Å²) in [4.78, 5) is 16.0. The van der Waals surface area contributed by atoms with Gasteiger partial charge in [-0.25, -0.2) is 4.39 Å². The van der Waals surface area contributed by atoms with Gasteiger partial charge in [-0.15, -0.1) is 0 Å². The lowest BCUT2D eigenvalue weighted by Gasteiger charge is -2.03. The van der Waals surface area contributed by atoms with Crippen LogP contribution in [0.15, 0.2) is 61.1 Å². The van der Waals surface area contributed by atoms with Gasteiger partial charge in [0.25, 0.3) is 5.91 Å². The van der Waals surface area contributed by atoms with Crippen molar-refractivity contribution in [3.05, 3.63) is 78.0 Å². The molecular weight excluding hydrogens is 295 g/mol. The monoisotopic (exact) mass is 310 g/mol. The highest BCUT2D eigenvalue weighted by atomic mass is 19.1. The summed E-state index contributed by atoms with van der Waals surface area (Å²) in [6.45, 7) is 0.694. The van der Waals surface area contributed by atoms with E-state index in [4.69, 9.17) is 0 Å². The highest BCUT2D eigenvalue weighted by Crippen LogP contribution is 2.09. The molecule has 23 heavy (non-hydrogen) atoms. The number of aryl methyl sites for hydroxylation is 2. The van der Waals surface area contributed by atoms with Crippen molar-refractivity contribution >= 4 is 11.7 Å². The summed E-state index contributed by atoms with van der Waals surface area (Å²) in [7, 11) is 0. The van der Waals surface area contributed by atoms with Crippen LogP contribution in [0.1, 0.15) is 15.9 Å². The number of carbonyl (C=O) groups is 1. The molecule has 2 aromatic heterocycles. The Morgan fingerprint density at radius 2 is 2.00 bits per heavy atom. The lowest BCUT2D eigenvalue weighted by Crippen LogP contribution is -2.13. The van der Waals surface area contributed by atoms with Crippen LogP contribution >= 0.6 is 0 Å². The molecule has 0 fully saturated rings. The highest BCUT2D eigenvalue weighted by Gasteiger charge is 2.08. The van der Waals surface area contributed by atoms with Crippen LogP contribution in [0.5, 0.6) is 0 Å². The minimum atomic E-state index is -0.444. The first-order valence-corrected chi connectivity index (χ1v) is 7.20. The Hall–Kier alpha value is -3.02. The lowest BCUT2D eigenvalue weighted by molar-refractivity contribution is 0.102. The predicted molar refractivity (Wildman–Crippen MR) is 84.5 cm³/mol. The fourth-order valence-electron chi connectivity index (χ4n) is 2.16. The predicted octanol–water partition coefficient (Wildman–Crippen LogP) is 2.91. The Morgan fingerprint density at radius 1 is 1.17 bits per heavy atom. The van der Waals surface area contributed by atoms with Gasteiger partial charge in [-0.2, -0.15) is 5.10 Å². The topological polar surface area (TPSA) is 59.8 Å². The van der Waals surface area contributed by atoms with Crippen LogP contribution in [0.4, 0.5) is 10.2 Å². The Bertz CT molecular complexity index is 801. The molecule has 0 aliphatic heterocycles.